The molecule has 0 bridgehead atoms. The van der Waals surface area contributed by atoms with Gasteiger partial charge in [-0.15, -0.1) is 0 Å². The Labute approximate surface area is 127 Å². The van der Waals surface area contributed by atoms with Crippen LogP contribution in [0.1, 0.15) is 18.1 Å². The fraction of sp³-hybridized carbons (Fsp3) is 0.250. The molecule has 0 saturated heterocycles. The minimum Gasteiger partial charge on any atom is -0.490 e. The van der Waals surface area contributed by atoms with Crippen LogP contribution in [0, 0.1) is 0 Å². The molecule has 2 aromatic carbocycles. The molecule has 0 fully saturated rings. The van der Waals surface area contributed by atoms with E-state index in [0.717, 1.165) is 27.1 Å². The third-order valence-electron chi connectivity index (χ3n) is 2.91. The fourth-order valence-corrected chi connectivity index (χ4v) is 2.32. The van der Waals surface area contributed by atoms with Gasteiger partial charge in [-0.2, -0.15) is 0 Å². The zero-order chi connectivity index (χ0) is 14.4. The van der Waals surface area contributed by atoms with Crippen LogP contribution in [0.2, 0.25) is 0 Å². The Balaban J connectivity index is 2.21. The molecule has 106 valence electrons. The van der Waals surface area contributed by atoms with Crippen LogP contribution in [0.5, 0.6) is 11.5 Å². The summed E-state index contributed by atoms with van der Waals surface area (Å²) >= 11 is 3.52. The number of hydrogen-bond acceptors (Lipinski definition) is 3. The van der Waals surface area contributed by atoms with Crippen molar-refractivity contribution in [2.75, 3.05) is 6.61 Å². The minimum absolute atomic E-state index is 0.423. The van der Waals surface area contributed by atoms with Crippen molar-refractivity contribution in [1.29, 1.82) is 0 Å². The van der Waals surface area contributed by atoms with Crippen LogP contribution in [0.15, 0.2) is 46.9 Å². The number of para-hydroxylation sites is 1. The second-order valence-electron chi connectivity index (χ2n) is 4.26. The predicted octanol–water partition coefficient (Wildman–Crippen LogP) is 3.89. The highest BCUT2D eigenvalue weighted by Crippen LogP contribution is 2.32. The van der Waals surface area contributed by atoms with Crippen molar-refractivity contribution < 1.29 is 9.47 Å². The summed E-state index contributed by atoms with van der Waals surface area (Å²) in [5.41, 5.74) is 7.80. The number of benzene rings is 2. The fourth-order valence-electron chi connectivity index (χ4n) is 1.92. The molecule has 3 nitrogen and oxygen atoms in total. The summed E-state index contributed by atoms with van der Waals surface area (Å²) < 4.78 is 12.6. The van der Waals surface area contributed by atoms with E-state index in [0.29, 0.717) is 19.8 Å². The Morgan fingerprint density at radius 2 is 1.75 bits per heavy atom. The Kier molecular flexibility index (Phi) is 5.44. The number of hydrogen-bond donors (Lipinski definition) is 1. The first-order valence-electron chi connectivity index (χ1n) is 6.57. The van der Waals surface area contributed by atoms with E-state index in [4.69, 9.17) is 15.2 Å². The summed E-state index contributed by atoms with van der Waals surface area (Å²) in [5, 5.41) is 0. The van der Waals surface area contributed by atoms with Gasteiger partial charge in [-0.1, -0.05) is 46.3 Å². The third-order valence-corrected chi connectivity index (χ3v) is 3.68. The van der Waals surface area contributed by atoms with Gasteiger partial charge in [0, 0.05) is 22.1 Å². The molecule has 2 rings (SSSR count). The quantitative estimate of drug-likeness (QED) is 0.870. The zero-order valence-electron chi connectivity index (χ0n) is 11.4. The van der Waals surface area contributed by atoms with Crippen molar-refractivity contribution in [2.24, 2.45) is 5.73 Å². The maximum atomic E-state index is 5.94. The second kappa shape index (κ2) is 7.31. The van der Waals surface area contributed by atoms with Gasteiger partial charge in [0.1, 0.15) is 6.61 Å². The van der Waals surface area contributed by atoms with Crippen molar-refractivity contribution in [3.8, 4) is 11.5 Å². The van der Waals surface area contributed by atoms with E-state index in [1.807, 2.05) is 49.4 Å². The molecule has 0 aliphatic rings. The normalized spacial score (nSPS) is 10.3. The summed E-state index contributed by atoms with van der Waals surface area (Å²) in [6.07, 6.45) is 0. The van der Waals surface area contributed by atoms with Crippen LogP contribution in [0.4, 0.5) is 0 Å². The molecule has 0 aliphatic carbocycles. The van der Waals surface area contributed by atoms with Crippen LogP contribution < -0.4 is 15.2 Å². The van der Waals surface area contributed by atoms with Gasteiger partial charge in [0.25, 0.3) is 0 Å². The molecule has 0 aromatic heterocycles. The lowest BCUT2D eigenvalue weighted by molar-refractivity contribution is 0.266. The monoisotopic (exact) mass is 335 g/mol. The molecule has 2 aromatic rings. The number of halogens is 1. The summed E-state index contributed by atoms with van der Waals surface area (Å²) in [6.45, 7) is 3.44. The largest absolute Gasteiger partial charge is 0.490 e. The topological polar surface area (TPSA) is 44.5 Å². The first-order chi connectivity index (χ1) is 9.76. The zero-order valence-corrected chi connectivity index (χ0v) is 13.0. The highest BCUT2D eigenvalue weighted by atomic mass is 79.9. The molecule has 4 heteroatoms. The molecule has 0 aliphatic heterocycles. The van der Waals surface area contributed by atoms with Gasteiger partial charge in [-0.3, -0.25) is 0 Å². The standard InChI is InChI=1S/C16H18BrNO2/c1-2-19-15-9-5-7-12(10-18)16(15)20-11-13-6-3-4-8-14(13)17/h3-9H,2,10-11,18H2,1H3. The van der Waals surface area contributed by atoms with Crippen LogP contribution in [-0.2, 0) is 13.2 Å². The van der Waals surface area contributed by atoms with Gasteiger partial charge >= 0.3 is 0 Å². The number of nitrogens with two attached hydrogens (primary N) is 1. The first kappa shape index (κ1) is 14.9. The first-order valence-corrected chi connectivity index (χ1v) is 7.36. The van der Waals surface area contributed by atoms with E-state index in [9.17, 15) is 0 Å². The van der Waals surface area contributed by atoms with Crippen molar-refractivity contribution in [2.45, 2.75) is 20.1 Å². The molecule has 2 N–H and O–H groups in total. The van der Waals surface area contributed by atoms with E-state index in [1.165, 1.54) is 0 Å². The van der Waals surface area contributed by atoms with Crippen molar-refractivity contribution in [3.63, 3.8) is 0 Å². The SMILES string of the molecule is CCOc1cccc(CN)c1OCc1ccccc1Br. The lowest BCUT2D eigenvalue weighted by Gasteiger charge is -2.15. The number of rotatable bonds is 6. The molecule has 0 radical (unpaired) electrons. The van der Waals surface area contributed by atoms with Gasteiger partial charge < -0.3 is 15.2 Å². The van der Waals surface area contributed by atoms with Crippen molar-refractivity contribution >= 4 is 15.9 Å². The maximum absolute atomic E-state index is 5.94. The highest BCUT2D eigenvalue weighted by Gasteiger charge is 2.11. The molecule has 0 spiro atoms. The Bertz CT molecular complexity index is 572. The van der Waals surface area contributed by atoms with E-state index in [2.05, 4.69) is 15.9 Å². The molecule has 20 heavy (non-hydrogen) atoms. The van der Waals surface area contributed by atoms with Crippen LogP contribution in [-0.4, -0.2) is 6.61 Å². The number of ether oxygens (including phenoxy) is 2. The van der Waals surface area contributed by atoms with Gasteiger partial charge in [-0.05, 0) is 19.1 Å². The average Bonchev–Trinajstić information content (AvgIpc) is 2.47. The Morgan fingerprint density at radius 3 is 2.45 bits per heavy atom. The smallest absolute Gasteiger partial charge is 0.166 e. The highest BCUT2D eigenvalue weighted by molar-refractivity contribution is 9.10. The second-order valence-corrected chi connectivity index (χ2v) is 5.12. The van der Waals surface area contributed by atoms with Gasteiger partial charge in [0.05, 0.1) is 6.61 Å². The van der Waals surface area contributed by atoms with Crippen molar-refractivity contribution in [3.05, 3.63) is 58.1 Å². The van der Waals surface area contributed by atoms with Crippen LogP contribution >= 0.6 is 15.9 Å². The third kappa shape index (κ3) is 3.52. The average molecular weight is 336 g/mol. The van der Waals surface area contributed by atoms with Crippen molar-refractivity contribution in [1.82, 2.24) is 0 Å². The molecule has 0 saturated carbocycles. The molecule has 0 heterocycles. The summed E-state index contributed by atoms with van der Waals surface area (Å²) in [7, 11) is 0. The summed E-state index contributed by atoms with van der Waals surface area (Å²) in [5.74, 6) is 1.47. The van der Waals surface area contributed by atoms with Crippen LogP contribution in [0.3, 0.4) is 0 Å². The van der Waals surface area contributed by atoms with E-state index < -0.39 is 0 Å². The van der Waals surface area contributed by atoms with Gasteiger partial charge in [-0.25, -0.2) is 0 Å². The molecular formula is C16H18BrNO2. The van der Waals surface area contributed by atoms with Gasteiger partial charge in [0.2, 0.25) is 0 Å². The van der Waals surface area contributed by atoms with Gasteiger partial charge in [0.15, 0.2) is 11.5 Å². The molecule has 0 atom stereocenters. The Hall–Kier alpha value is -1.52. The molecule has 0 unspecified atom stereocenters. The van der Waals surface area contributed by atoms with E-state index in [1.54, 1.807) is 0 Å². The van der Waals surface area contributed by atoms with E-state index in [-0.39, 0.29) is 0 Å². The lowest BCUT2D eigenvalue weighted by Crippen LogP contribution is -2.05. The maximum Gasteiger partial charge on any atom is 0.166 e. The molecule has 0 amide bonds. The lowest BCUT2D eigenvalue weighted by atomic mass is 10.2. The minimum atomic E-state index is 0.423. The summed E-state index contributed by atoms with van der Waals surface area (Å²) in [4.78, 5) is 0. The summed E-state index contributed by atoms with van der Waals surface area (Å²) in [6, 6.07) is 13.8. The van der Waals surface area contributed by atoms with E-state index >= 15 is 0 Å². The van der Waals surface area contributed by atoms with Crippen LogP contribution in [0.25, 0.3) is 0 Å². The Morgan fingerprint density at radius 1 is 1.00 bits per heavy atom. The predicted molar refractivity (Wildman–Crippen MR) is 84.0 cm³/mol. The molecular weight excluding hydrogens is 318 g/mol.